The van der Waals surface area contributed by atoms with Crippen LogP contribution in [0.5, 0.6) is 0 Å². The minimum atomic E-state index is -6.47. The molecule has 0 fully saturated rings. The fourth-order valence-electron chi connectivity index (χ4n) is 1.39. The highest BCUT2D eigenvalue weighted by Crippen LogP contribution is 2.46. The van der Waals surface area contributed by atoms with Crippen molar-refractivity contribution < 1.29 is 49.1 Å². The van der Waals surface area contributed by atoms with Crippen molar-refractivity contribution in [3.8, 4) is 0 Å². The molecule has 0 unspecified atom stereocenters. The van der Waals surface area contributed by atoms with Gasteiger partial charge in [-0.1, -0.05) is 0 Å². The van der Waals surface area contributed by atoms with Gasteiger partial charge in [0, 0.05) is 20.8 Å². The first-order valence-electron chi connectivity index (χ1n) is 6.56. The van der Waals surface area contributed by atoms with E-state index in [9.17, 15) is 35.5 Å². The van der Waals surface area contributed by atoms with E-state index in [1.165, 1.54) is 14.2 Å². The molecule has 0 bridgehead atoms. The van der Waals surface area contributed by atoms with Gasteiger partial charge in [0.2, 0.25) is 0 Å². The van der Waals surface area contributed by atoms with Gasteiger partial charge in [0.15, 0.2) is 6.61 Å². The molecule has 0 spiro atoms. The molecule has 0 radical (unpaired) electrons. The summed E-state index contributed by atoms with van der Waals surface area (Å²) in [6.07, 6.45) is -7.70. The normalized spacial score (nSPS) is 13.8. The summed E-state index contributed by atoms with van der Waals surface area (Å²) in [5, 5.41) is 1.96. The number of alkyl carbamates (subject to hydrolysis) is 1. The van der Waals surface area contributed by atoms with Crippen LogP contribution in [0.4, 0.5) is 35.5 Å². The summed E-state index contributed by atoms with van der Waals surface area (Å²) < 4.78 is 101. The lowest BCUT2D eigenvalue weighted by Gasteiger charge is -2.27. The van der Waals surface area contributed by atoms with Crippen LogP contribution in [0.15, 0.2) is 0 Å². The number of amides is 1. The zero-order valence-corrected chi connectivity index (χ0v) is 14.1. The van der Waals surface area contributed by atoms with Crippen LogP contribution in [0.25, 0.3) is 0 Å². The Morgan fingerprint density at radius 1 is 1.04 bits per heavy atom. The maximum absolute atomic E-state index is 12.9. The van der Waals surface area contributed by atoms with Gasteiger partial charge in [-0.3, -0.25) is 0 Å². The van der Waals surface area contributed by atoms with Crippen LogP contribution in [-0.4, -0.2) is 60.0 Å². The molecule has 1 N–H and O–H groups in total. The van der Waals surface area contributed by atoms with Gasteiger partial charge in [0.05, 0.1) is 0 Å². The number of halogens is 7. The third kappa shape index (κ3) is 6.09. The molecule has 5 nitrogen and oxygen atoms in total. The highest BCUT2D eigenvalue weighted by Gasteiger charge is 2.73. The molecule has 0 saturated carbocycles. The van der Waals surface area contributed by atoms with E-state index in [1.807, 2.05) is 5.32 Å². The molecule has 0 aliphatic rings. The standard InChI is InChI=1S/C11H18F7NO4Si/c1-21-24(3,22-2)6-4-5-19-8(20)23-7-9(12,13)10(14,15)11(16,17)18/h4-7H2,1-3H3,(H,19,20). The van der Waals surface area contributed by atoms with Crippen molar-refractivity contribution in [2.24, 2.45) is 0 Å². The molecule has 24 heavy (non-hydrogen) atoms. The second kappa shape index (κ2) is 8.34. The Labute approximate surface area is 134 Å². The molecule has 0 aromatic rings. The zero-order chi connectivity index (χ0) is 19.2. The quantitative estimate of drug-likeness (QED) is 0.374. The summed E-state index contributed by atoms with van der Waals surface area (Å²) >= 11 is 0. The lowest BCUT2D eigenvalue weighted by molar-refractivity contribution is -0.359. The molecule has 0 saturated heterocycles. The zero-order valence-electron chi connectivity index (χ0n) is 13.1. The van der Waals surface area contributed by atoms with Crippen molar-refractivity contribution in [1.82, 2.24) is 5.32 Å². The first kappa shape index (κ1) is 22.9. The Hall–Kier alpha value is -1.08. The maximum Gasteiger partial charge on any atom is 0.460 e. The molecular formula is C11H18F7NO4Si. The van der Waals surface area contributed by atoms with E-state index < -0.39 is 39.3 Å². The smallest absolute Gasteiger partial charge is 0.443 e. The third-order valence-electron chi connectivity index (χ3n) is 3.14. The fraction of sp³-hybridized carbons (Fsp3) is 0.909. The van der Waals surface area contributed by atoms with E-state index in [-0.39, 0.29) is 6.54 Å². The van der Waals surface area contributed by atoms with Gasteiger partial charge in [-0.2, -0.15) is 30.7 Å². The van der Waals surface area contributed by atoms with Gasteiger partial charge >= 0.3 is 32.7 Å². The van der Waals surface area contributed by atoms with Crippen molar-refractivity contribution in [3.63, 3.8) is 0 Å². The lowest BCUT2D eigenvalue weighted by atomic mass is 10.2. The molecule has 0 atom stereocenters. The van der Waals surface area contributed by atoms with E-state index >= 15 is 0 Å². The summed E-state index contributed by atoms with van der Waals surface area (Å²) in [5.41, 5.74) is 0. The van der Waals surface area contributed by atoms with Gasteiger partial charge in [0.1, 0.15) is 0 Å². The second-order valence-electron chi connectivity index (χ2n) is 4.93. The highest BCUT2D eigenvalue weighted by molar-refractivity contribution is 6.65. The van der Waals surface area contributed by atoms with E-state index in [0.717, 1.165) is 0 Å². The van der Waals surface area contributed by atoms with Crippen LogP contribution in [0.1, 0.15) is 6.42 Å². The molecular weight excluding hydrogens is 371 g/mol. The average molecular weight is 389 g/mol. The molecule has 0 aromatic carbocycles. The van der Waals surface area contributed by atoms with Crippen LogP contribution < -0.4 is 5.32 Å². The van der Waals surface area contributed by atoms with Crippen molar-refractivity contribution >= 4 is 14.7 Å². The highest BCUT2D eigenvalue weighted by atomic mass is 28.4. The molecule has 1 amide bonds. The Morgan fingerprint density at radius 2 is 1.54 bits per heavy atom. The Kier molecular flexibility index (Phi) is 7.96. The summed E-state index contributed by atoms with van der Waals surface area (Å²) in [6.45, 7) is -0.769. The molecule has 13 heteroatoms. The van der Waals surface area contributed by atoms with Crippen LogP contribution in [-0.2, 0) is 13.6 Å². The van der Waals surface area contributed by atoms with Gasteiger partial charge in [-0.15, -0.1) is 0 Å². The molecule has 0 heterocycles. The largest absolute Gasteiger partial charge is 0.460 e. The molecule has 0 aliphatic carbocycles. The third-order valence-corrected chi connectivity index (χ3v) is 6.13. The predicted molar refractivity (Wildman–Crippen MR) is 70.4 cm³/mol. The predicted octanol–water partition coefficient (Wildman–Crippen LogP) is 3.30. The minimum absolute atomic E-state index is 0.0879. The number of hydrogen-bond donors (Lipinski definition) is 1. The van der Waals surface area contributed by atoms with Crippen molar-refractivity contribution in [1.29, 1.82) is 0 Å². The van der Waals surface area contributed by atoms with Crippen LogP contribution >= 0.6 is 0 Å². The Balaban J connectivity index is 4.32. The summed E-state index contributed by atoms with van der Waals surface area (Å²) in [7, 11) is 0.462. The van der Waals surface area contributed by atoms with Gasteiger partial charge in [-0.05, 0) is 19.0 Å². The van der Waals surface area contributed by atoms with E-state index in [1.54, 1.807) is 6.55 Å². The minimum Gasteiger partial charge on any atom is -0.443 e. The monoisotopic (exact) mass is 389 g/mol. The van der Waals surface area contributed by atoms with Gasteiger partial charge in [-0.25, -0.2) is 4.79 Å². The summed E-state index contributed by atoms with van der Waals surface area (Å²) in [5.74, 6) is -11.9. The lowest BCUT2D eigenvalue weighted by Crippen LogP contribution is -2.54. The SMILES string of the molecule is CO[Si](C)(CCCNC(=O)OCC(F)(F)C(F)(F)C(F)(F)F)OC. The fourth-order valence-corrected chi connectivity index (χ4v) is 2.79. The number of carbonyl (C=O) groups excluding carboxylic acids is 1. The van der Waals surface area contributed by atoms with Crippen LogP contribution in [0, 0.1) is 0 Å². The molecule has 144 valence electrons. The van der Waals surface area contributed by atoms with E-state index in [2.05, 4.69) is 4.74 Å². The maximum atomic E-state index is 12.9. The topological polar surface area (TPSA) is 56.8 Å². The summed E-state index contributed by atoms with van der Waals surface area (Å²) in [6, 6.07) is 0.419. The first-order valence-corrected chi connectivity index (χ1v) is 9.08. The van der Waals surface area contributed by atoms with Crippen molar-refractivity contribution in [3.05, 3.63) is 0 Å². The van der Waals surface area contributed by atoms with Crippen molar-refractivity contribution in [2.45, 2.75) is 37.0 Å². The average Bonchev–Trinajstić information content (AvgIpc) is 2.48. The number of carbonyl (C=O) groups is 1. The number of nitrogens with one attached hydrogen (secondary N) is 1. The van der Waals surface area contributed by atoms with E-state index in [4.69, 9.17) is 8.85 Å². The number of ether oxygens (including phenoxy) is 1. The van der Waals surface area contributed by atoms with Crippen LogP contribution in [0.2, 0.25) is 12.6 Å². The Bertz CT molecular complexity index is 416. The summed E-state index contributed by atoms with van der Waals surface area (Å²) in [4.78, 5) is 11.1. The molecule has 0 aliphatic heterocycles. The number of alkyl halides is 7. The van der Waals surface area contributed by atoms with Crippen molar-refractivity contribution in [2.75, 3.05) is 27.4 Å². The Morgan fingerprint density at radius 3 is 1.96 bits per heavy atom. The number of hydrogen-bond acceptors (Lipinski definition) is 4. The van der Waals surface area contributed by atoms with Crippen LogP contribution in [0.3, 0.4) is 0 Å². The van der Waals surface area contributed by atoms with E-state index in [0.29, 0.717) is 12.5 Å². The second-order valence-corrected chi connectivity index (χ2v) is 8.51. The first-order chi connectivity index (χ1) is 10.7. The molecule has 0 rings (SSSR count). The van der Waals surface area contributed by atoms with Gasteiger partial charge < -0.3 is 18.9 Å². The van der Waals surface area contributed by atoms with Gasteiger partial charge in [0.25, 0.3) is 0 Å². The number of rotatable bonds is 9. The molecule has 0 aromatic heterocycles.